The Kier molecular flexibility index (Phi) is 8.92. The normalized spacial score (nSPS) is 23.4. The first-order valence-corrected chi connectivity index (χ1v) is 14.1. The number of piperidine rings is 2. The van der Waals surface area contributed by atoms with E-state index in [1.807, 2.05) is 11.8 Å². The summed E-state index contributed by atoms with van der Waals surface area (Å²) >= 11 is 0. The fourth-order valence-electron chi connectivity index (χ4n) is 6.18. The first kappa shape index (κ1) is 28.8. The van der Waals surface area contributed by atoms with E-state index in [2.05, 4.69) is 20.2 Å². The number of hydrogen-bond acceptors (Lipinski definition) is 7. The fourth-order valence-corrected chi connectivity index (χ4v) is 6.18. The van der Waals surface area contributed by atoms with Crippen LogP contribution in [0.2, 0.25) is 0 Å². The molecule has 40 heavy (non-hydrogen) atoms. The third kappa shape index (κ3) is 6.42. The number of hydrogen-bond donors (Lipinski definition) is 1. The van der Waals surface area contributed by atoms with Crippen LogP contribution in [0.1, 0.15) is 65.2 Å². The summed E-state index contributed by atoms with van der Waals surface area (Å²) in [5.74, 6) is 0.878. The van der Waals surface area contributed by atoms with Crippen molar-refractivity contribution in [1.29, 1.82) is 0 Å². The van der Waals surface area contributed by atoms with Gasteiger partial charge in [0.1, 0.15) is 17.8 Å². The van der Waals surface area contributed by atoms with Crippen molar-refractivity contribution < 1.29 is 27.4 Å². The summed E-state index contributed by atoms with van der Waals surface area (Å²) in [6, 6.07) is 6.10. The molecule has 1 amide bonds. The molecule has 1 aromatic heterocycles. The highest BCUT2D eigenvalue weighted by molar-refractivity contribution is 5.94. The first-order chi connectivity index (χ1) is 19.2. The molecule has 2 aromatic rings. The molecule has 2 atom stereocenters. The van der Waals surface area contributed by atoms with E-state index in [4.69, 9.17) is 9.47 Å². The molecule has 3 saturated heterocycles. The molecule has 8 nitrogen and oxygen atoms in total. The number of nitrogens with one attached hydrogen (secondary N) is 1. The zero-order valence-corrected chi connectivity index (χ0v) is 23.1. The maximum atomic E-state index is 13.5. The highest BCUT2D eigenvalue weighted by Crippen LogP contribution is 2.34. The lowest BCUT2D eigenvalue weighted by atomic mass is 9.89. The standard InChI is InChI=1S/C29H38F3N5O3/c1-19-26(28(38)37-14-9-23(10-15-37)35-24-11-16-40-17-25(24)39-2)33-18-34-27(19)36-12-7-21(8-13-36)20-3-5-22(6-4-20)29(30,31)32/h3-6,18,21,23-25,35H,7-17H2,1-2H3. The summed E-state index contributed by atoms with van der Waals surface area (Å²) in [5.41, 5.74) is 1.51. The van der Waals surface area contributed by atoms with E-state index in [0.29, 0.717) is 44.5 Å². The van der Waals surface area contributed by atoms with Gasteiger partial charge in [-0.05, 0) is 62.6 Å². The monoisotopic (exact) mass is 561 g/mol. The number of benzene rings is 1. The molecule has 3 aliphatic rings. The van der Waals surface area contributed by atoms with Gasteiger partial charge in [-0.15, -0.1) is 0 Å². The van der Waals surface area contributed by atoms with Gasteiger partial charge in [0.25, 0.3) is 5.91 Å². The molecular weight excluding hydrogens is 523 g/mol. The molecule has 3 fully saturated rings. The molecule has 11 heteroatoms. The Morgan fingerprint density at radius 1 is 1.02 bits per heavy atom. The number of halogens is 3. The van der Waals surface area contributed by atoms with Crippen LogP contribution in [-0.4, -0.2) is 85.5 Å². The summed E-state index contributed by atoms with van der Waals surface area (Å²) < 4.78 is 49.9. The van der Waals surface area contributed by atoms with Gasteiger partial charge in [-0.3, -0.25) is 4.79 Å². The van der Waals surface area contributed by atoms with Crippen LogP contribution < -0.4 is 10.2 Å². The van der Waals surface area contributed by atoms with Crippen molar-refractivity contribution in [1.82, 2.24) is 20.2 Å². The predicted octanol–water partition coefficient (Wildman–Crippen LogP) is 4.19. The third-order valence-corrected chi connectivity index (χ3v) is 8.60. The number of likely N-dealkylation sites (tertiary alicyclic amines) is 1. The minimum absolute atomic E-state index is 0.0514. The number of carbonyl (C=O) groups is 1. The van der Waals surface area contributed by atoms with Crippen molar-refractivity contribution in [3.8, 4) is 0 Å². The number of methoxy groups -OCH3 is 1. The van der Waals surface area contributed by atoms with Crippen LogP contribution in [0.5, 0.6) is 0 Å². The quantitative estimate of drug-likeness (QED) is 0.567. The smallest absolute Gasteiger partial charge is 0.379 e. The van der Waals surface area contributed by atoms with Gasteiger partial charge in [-0.25, -0.2) is 9.97 Å². The van der Waals surface area contributed by atoms with Crippen LogP contribution >= 0.6 is 0 Å². The maximum Gasteiger partial charge on any atom is 0.416 e. The molecular formula is C29H38F3N5O3. The van der Waals surface area contributed by atoms with Crippen molar-refractivity contribution in [2.75, 3.05) is 51.4 Å². The Hall–Kier alpha value is -2.76. The van der Waals surface area contributed by atoms with Gasteiger partial charge in [0.2, 0.25) is 0 Å². The van der Waals surface area contributed by atoms with E-state index in [1.54, 1.807) is 19.2 Å². The molecule has 0 spiro atoms. The van der Waals surface area contributed by atoms with Crippen molar-refractivity contribution in [3.05, 3.63) is 53.0 Å². The van der Waals surface area contributed by atoms with E-state index in [9.17, 15) is 18.0 Å². The molecule has 0 radical (unpaired) electrons. The molecule has 4 heterocycles. The number of nitrogens with zero attached hydrogens (tertiary/aromatic N) is 4. The molecule has 218 valence electrons. The van der Waals surface area contributed by atoms with Crippen molar-refractivity contribution >= 4 is 11.7 Å². The molecule has 0 bridgehead atoms. The summed E-state index contributed by atoms with van der Waals surface area (Å²) in [6.45, 7) is 5.98. The molecule has 3 aliphatic heterocycles. The van der Waals surface area contributed by atoms with Crippen molar-refractivity contribution in [3.63, 3.8) is 0 Å². The Morgan fingerprint density at radius 2 is 1.73 bits per heavy atom. The number of rotatable bonds is 6. The molecule has 1 aromatic carbocycles. The number of ether oxygens (including phenoxy) is 2. The number of carbonyl (C=O) groups excluding carboxylic acids is 1. The predicted molar refractivity (Wildman–Crippen MR) is 144 cm³/mol. The van der Waals surface area contributed by atoms with Gasteiger partial charge in [0, 0.05) is 57.5 Å². The van der Waals surface area contributed by atoms with Gasteiger partial charge < -0.3 is 24.6 Å². The van der Waals surface area contributed by atoms with Crippen LogP contribution in [0.15, 0.2) is 30.6 Å². The molecule has 0 aliphatic carbocycles. The highest BCUT2D eigenvalue weighted by atomic mass is 19.4. The Balaban J connectivity index is 1.16. The highest BCUT2D eigenvalue weighted by Gasteiger charge is 2.33. The first-order valence-electron chi connectivity index (χ1n) is 14.1. The van der Waals surface area contributed by atoms with E-state index in [-0.39, 0.29) is 24.0 Å². The van der Waals surface area contributed by atoms with E-state index >= 15 is 0 Å². The number of aromatic nitrogens is 2. The van der Waals surface area contributed by atoms with Crippen LogP contribution in [0, 0.1) is 6.92 Å². The second-order valence-electron chi connectivity index (χ2n) is 11.0. The van der Waals surface area contributed by atoms with E-state index < -0.39 is 11.7 Å². The van der Waals surface area contributed by atoms with Gasteiger partial charge >= 0.3 is 6.18 Å². The maximum absolute atomic E-state index is 13.5. The second kappa shape index (κ2) is 12.4. The lowest BCUT2D eigenvalue weighted by Crippen LogP contribution is -2.54. The van der Waals surface area contributed by atoms with Crippen molar-refractivity contribution in [2.24, 2.45) is 0 Å². The van der Waals surface area contributed by atoms with E-state index in [0.717, 1.165) is 67.8 Å². The summed E-state index contributed by atoms with van der Waals surface area (Å²) in [4.78, 5) is 26.4. The number of anilines is 1. The summed E-state index contributed by atoms with van der Waals surface area (Å²) in [7, 11) is 1.72. The topological polar surface area (TPSA) is 79.8 Å². The Bertz CT molecular complexity index is 1150. The average Bonchev–Trinajstić information content (AvgIpc) is 2.97. The van der Waals surface area contributed by atoms with Crippen molar-refractivity contribution in [2.45, 2.75) is 69.3 Å². The van der Waals surface area contributed by atoms with Gasteiger partial charge in [-0.2, -0.15) is 13.2 Å². The summed E-state index contributed by atoms with van der Waals surface area (Å²) in [5, 5.41) is 3.72. The Labute approximate surface area is 233 Å². The average molecular weight is 562 g/mol. The van der Waals surface area contributed by atoms with Crippen LogP contribution in [0.4, 0.5) is 19.0 Å². The van der Waals surface area contributed by atoms with E-state index in [1.165, 1.54) is 6.33 Å². The van der Waals surface area contributed by atoms with Crippen LogP contribution in [-0.2, 0) is 15.7 Å². The number of alkyl halides is 3. The van der Waals surface area contributed by atoms with Crippen LogP contribution in [0.25, 0.3) is 0 Å². The summed E-state index contributed by atoms with van der Waals surface area (Å²) in [6.07, 6.45) is 1.44. The van der Waals surface area contributed by atoms with Gasteiger partial charge in [-0.1, -0.05) is 12.1 Å². The number of amides is 1. The van der Waals surface area contributed by atoms with Gasteiger partial charge in [0.05, 0.1) is 18.3 Å². The minimum atomic E-state index is -4.33. The zero-order valence-electron chi connectivity index (χ0n) is 23.1. The Morgan fingerprint density at radius 3 is 2.38 bits per heavy atom. The lowest BCUT2D eigenvalue weighted by molar-refractivity contribution is -0.137. The fraction of sp³-hybridized carbons (Fsp3) is 0.621. The SMILES string of the molecule is COC1COCCC1NC1CCN(C(=O)c2ncnc(N3CCC(c4ccc(C(F)(F)F)cc4)CC3)c2C)CC1. The largest absolute Gasteiger partial charge is 0.416 e. The minimum Gasteiger partial charge on any atom is -0.379 e. The molecule has 1 N–H and O–H groups in total. The molecule has 5 rings (SSSR count). The zero-order chi connectivity index (χ0) is 28.3. The lowest BCUT2D eigenvalue weighted by Gasteiger charge is -2.38. The van der Waals surface area contributed by atoms with Gasteiger partial charge in [0.15, 0.2) is 0 Å². The third-order valence-electron chi connectivity index (χ3n) is 8.60. The molecule has 2 unspecified atom stereocenters. The second-order valence-corrected chi connectivity index (χ2v) is 11.0. The molecule has 0 saturated carbocycles. The van der Waals surface area contributed by atoms with Crippen LogP contribution in [0.3, 0.4) is 0 Å².